The van der Waals surface area contributed by atoms with E-state index in [0.717, 1.165) is 38.5 Å². The van der Waals surface area contributed by atoms with E-state index in [2.05, 4.69) is 29.6 Å². The van der Waals surface area contributed by atoms with Gasteiger partial charge in [0.15, 0.2) is 0 Å². The van der Waals surface area contributed by atoms with E-state index in [9.17, 15) is 4.79 Å². The molecule has 4 heteroatoms. The second-order valence-electron chi connectivity index (χ2n) is 6.64. The van der Waals surface area contributed by atoms with Crippen molar-refractivity contribution in [3.05, 3.63) is 52.5 Å². The SMILES string of the molecule is O=C(Nc1ccc(Cl)cc1Cl)C1[C@H]2CCC=CCCC=CCC[C@H]12. The van der Waals surface area contributed by atoms with Gasteiger partial charge in [0, 0.05) is 10.9 Å². The lowest BCUT2D eigenvalue weighted by atomic mass is 10.1. The van der Waals surface area contributed by atoms with E-state index in [1.807, 2.05) is 0 Å². The average Bonchev–Trinajstić information content (AvgIpc) is 3.22. The first kappa shape index (κ1) is 17.6. The molecule has 0 unspecified atom stereocenters. The molecule has 0 bridgehead atoms. The van der Waals surface area contributed by atoms with Gasteiger partial charge >= 0.3 is 0 Å². The van der Waals surface area contributed by atoms with Gasteiger partial charge in [-0.2, -0.15) is 0 Å². The van der Waals surface area contributed by atoms with Crippen molar-refractivity contribution in [2.24, 2.45) is 17.8 Å². The van der Waals surface area contributed by atoms with Crippen LogP contribution >= 0.6 is 23.2 Å². The van der Waals surface area contributed by atoms with Crippen molar-refractivity contribution in [1.29, 1.82) is 0 Å². The molecule has 2 atom stereocenters. The molecule has 2 aliphatic rings. The fourth-order valence-electron chi connectivity index (χ4n) is 3.67. The van der Waals surface area contributed by atoms with Crippen LogP contribution in [0.3, 0.4) is 0 Å². The molecule has 0 spiro atoms. The second-order valence-corrected chi connectivity index (χ2v) is 7.49. The third kappa shape index (κ3) is 4.43. The van der Waals surface area contributed by atoms with Gasteiger partial charge in [-0.05, 0) is 68.6 Å². The highest BCUT2D eigenvalue weighted by Gasteiger charge is 2.52. The normalized spacial score (nSPS) is 26.8. The zero-order chi connectivity index (χ0) is 16.9. The Hall–Kier alpha value is -1.25. The molecule has 3 rings (SSSR count). The van der Waals surface area contributed by atoms with Crippen molar-refractivity contribution in [1.82, 2.24) is 0 Å². The van der Waals surface area contributed by atoms with Crippen LogP contribution < -0.4 is 5.32 Å². The molecule has 0 saturated heterocycles. The van der Waals surface area contributed by atoms with Crippen molar-refractivity contribution in [3.63, 3.8) is 0 Å². The third-order valence-corrected chi connectivity index (χ3v) is 5.54. The first-order valence-electron chi connectivity index (χ1n) is 8.72. The molecule has 128 valence electrons. The first-order chi connectivity index (χ1) is 11.7. The second kappa shape index (κ2) is 8.22. The number of amides is 1. The highest BCUT2D eigenvalue weighted by atomic mass is 35.5. The van der Waals surface area contributed by atoms with Gasteiger partial charge in [-0.3, -0.25) is 4.79 Å². The zero-order valence-corrected chi connectivity index (χ0v) is 15.2. The number of fused-ring (bicyclic) bond motifs is 1. The smallest absolute Gasteiger partial charge is 0.228 e. The molecule has 0 aliphatic heterocycles. The molecule has 1 amide bonds. The van der Waals surface area contributed by atoms with Crippen LogP contribution in [-0.2, 0) is 4.79 Å². The number of carbonyl (C=O) groups excluding carboxylic acids is 1. The summed E-state index contributed by atoms with van der Waals surface area (Å²) >= 11 is 12.1. The summed E-state index contributed by atoms with van der Waals surface area (Å²) in [5, 5.41) is 4.05. The predicted molar refractivity (Wildman–Crippen MR) is 102 cm³/mol. The van der Waals surface area contributed by atoms with Crippen LogP contribution in [-0.4, -0.2) is 5.91 Å². The quantitative estimate of drug-likeness (QED) is 0.617. The predicted octanol–water partition coefficient (Wildman–Crippen LogP) is 6.26. The van der Waals surface area contributed by atoms with Crippen molar-refractivity contribution >= 4 is 34.8 Å². The van der Waals surface area contributed by atoms with Gasteiger partial charge in [-0.25, -0.2) is 0 Å². The molecule has 2 nitrogen and oxygen atoms in total. The highest BCUT2D eigenvalue weighted by Crippen LogP contribution is 2.52. The van der Waals surface area contributed by atoms with Crippen LogP contribution in [0.4, 0.5) is 5.69 Å². The number of allylic oxidation sites excluding steroid dienone is 4. The minimum absolute atomic E-state index is 0.0945. The number of rotatable bonds is 2. The summed E-state index contributed by atoms with van der Waals surface area (Å²) in [5.74, 6) is 1.19. The van der Waals surface area contributed by atoms with E-state index in [1.165, 1.54) is 0 Å². The Morgan fingerprint density at radius 2 is 1.50 bits per heavy atom. The summed E-state index contributed by atoms with van der Waals surface area (Å²) in [6, 6.07) is 5.17. The van der Waals surface area contributed by atoms with E-state index >= 15 is 0 Å². The van der Waals surface area contributed by atoms with Gasteiger partial charge in [0.2, 0.25) is 5.91 Å². The maximum Gasteiger partial charge on any atom is 0.228 e. The summed E-state index contributed by atoms with van der Waals surface area (Å²) in [6.45, 7) is 0. The Balaban J connectivity index is 1.64. The van der Waals surface area contributed by atoms with Gasteiger partial charge < -0.3 is 5.32 Å². The van der Waals surface area contributed by atoms with Crippen molar-refractivity contribution in [2.75, 3.05) is 5.32 Å². The van der Waals surface area contributed by atoms with Crippen molar-refractivity contribution in [2.45, 2.75) is 38.5 Å². The Bertz CT molecular complexity index is 629. The lowest BCUT2D eigenvalue weighted by molar-refractivity contribution is -0.117. The number of nitrogens with one attached hydrogen (secondary N) is 1. The number of anilines is 1. The van der Waals surface area contributed by atoms with E-state index in [0.29, 0.717) is 27.6 Å². The molecule has 24 heavy (non-hydrogen) atoms. The summed E-state index contributed by atoms with van der Waals surface area (Å²) in [5.41, 5.74) is 0.646. The van der Waals surface area contributed by atoms with Crippen LogP contribution in [0.25, 0.3) is 0 Å². The largest absolute Gasteiger partial charge is 0.325 e. The fourth-order valence-corrected chi connectivity index (χ4v) is 4.12. The van der Waals surface area contributed by atoms with E-state index in [-0.39, 0.29) is 11.8 Å². The lowest BCUT2D eigenvalue weighted by Crippen LogP contribution is -2.16. The van der Waals surface area contributed by atoms with Crippen LogP contribution in [0.15, 0.2) is 42.5 Å². The summed E-state index contributed by atoms with van der Waals surface area (Å²) in [7, 11) is 0. The molecule has 0 heterocycles. The number of carbonyl (C=O) groups is 1. The molecule has 1 saturated carbocycles. The molecule has 2 aliphatic carbocycles. The zero-order valence-electron chi connectivity index (χ0n) is 13.7. The molecule has 0 radical (unpaired) electrons. The monoisotopic (exact) mass is 363 g/mol. The Labute approximate surface area is 153 Å². The van der Waals surface area contributed by atoms with Crippen molar-refractivity contribution in [3.8, 4) is 0 Å². The molecule has 1 aromatic rings. The van der Waals surface area contributed by atoms with Gasteiger partial charge in [-0.1, -0.05) is 47.5 Å². The van der Waals surface area contributed by atoms with Crippen molar-refractivity contribution < 1.29 is 4.79 Å². The van der Waals surface area contributed by atoms with E-state index < -0.39 is 0 Å². The fraction of sp³-hybridized carbons (Fsp3) is 0.450. The number of halogens is 2. The Morgan fingerprint density at radius 3 is 2.08 bits per heavy atom. The topological polar surface area (TPSA) is 29.1 Å². The van der Waals surface area contributed by atoms with E-state index in [1.54, 1.807) is 18.2 Å². The van der Waals surface area contributed by atoms with Crippen LogP contribution in [0.1, 0.15) is 38.5 Å². The Morgan fingerprint density at radius 1 is 0.917 bits per heavy atom. The maximum absolute atomic E-state index is 12.7. The molecular formula is C20H23Cl2NO. The molecule has 1 N–H and O–H groups in total. The van der Waals surface area contributed by atoms with Gasteiger partial charge in [0.05, 0.1) is 10.7 Å². The van der Waals surface area contributed by atoms with Crippen LogP contribution in [0.5, 0.6) is 0 Å². The number of benzene rings is 1. The number of hydrogen-bond acceptors (Lipinski definition) is 1. The lowest BCUT2D eigenvalue weighted by Gasteiger charge is -2.07. The average molecular weight is 364 g/mol. The molecule has 0 aromatic heterocycles. The van der Waals surface area contributed by atoms with Gasteiger partial charge in [-0.15, -0.1) is 0 Å². The summed E-state index contributed by atoms with van der Waals surface area (Å²) in [6.07, 6.45) is 15.6. The standard InChI is InChI=1S/C20H23Cl2NO/c21-14-11-12-18(17(22)13-14)23-20(24)19-15-9-7-5-3-1-2-4-6-8-10-16(15)19/h3-6,11-13,15-16,19H,1-2,7-10H2,(H,23,24)/t15-,16-,19?/m0/s1. The van der Waals surface area contributed by atoms with Gasteiger partial charge in [0.25, 0.3) is 0 Å². The minimum Gasteiger partial charge on any atom is -0.325 e. The highest BCUT2D eigenvalue weighted by molar-refractivity contribution is 6.36. The number of hydrogen-bond donors (Lipinski definition) is 1. The maximum atomic E-state index is 12.7. The van der Waals surface area contributed by atoms with Crippen LogP contribution in [0, 0.1) is 17.8 Å². The van der Waals surface area contributed by atoms with E-state index in [4.69, 9.17) is 23.2 Å². The van der Waals surface area contributed by atoms with Gasteiger partial charge in [0.1, 0.15) is 0 Å². The van der Waals surface area contributed by atoms with Crippen LogP contribution in [0.2, 0.25) is 10.0 Å². The first-order valence-corrected chi connectivity index (χ1v) is 9.48. The summed E-state index contributed by atoms with van der Waals surface area (Å²) < 4.78 is 0. The third-order valence-electron chi connectivity index (χ3n) is 4.99. The summed E-state index contributed by atoms with van der Waals surface area (Å²) in [4.78, 5) is 12.7. The molecular weight excluding hydrogens is 341 g/mol. The molecule has 1 fully saturated rings. The molecule has 1 aromatic carbocycles. The Kier molecular flexibility index (Phi) is 6.02. The minimum atomic E-state index is 0.0945.